The quantitative estimate of drug-likeness (QED) is 0.771. The maximum atomic E-state index is 13.1. The van der Waals surface area contributed by atoms with E-state index in [-0.39, 0.29) is 11.3 Å². The lowest BCUT2D eigenvalue weighted by Crippen LogP contribution is -2.52. The molecule has 0 saturated carbocycles. The van der Waals surface area contributed by atoms with Crippen molar-refractivity contribution in [2.45, 2.75) is 43.6 Å². The van der Waals surface area contributed by atoms with Gasteiger partial charge in [0.15, 0.2) is 0 Å². The number of carbonyl (C=O) groups is 1. The lowest BCUT2D eigenvalue weighted by Gasteiger charge is -2.40. The Balaban J connectivity index is 1.24. The number of likely N-dealkylation sites (tertiary alicyclic amines) is 1. The number of fused-ring (bicyclic) bond motifs is 3. The third-order valence-electron chi connectivity index (χ3n) is 7.66. The molecule has 2 heterocycles. The van der Waals surface area contributed by atoms with E-state index in [1.807, 2.05) is 29.2 Å². The summed E-state index contributed by atoms with van der Waals surface area (Å²) in [5, 5.41) is 0. The van der Waals surface area contributed by atoms with Gasteiger partial charge in [0.2, 0.25) is 15.9 Å². The van der Waals surface area contributed by atoms with Crippen LogP contribution in [0, 0.1) is 5.92 Å². The van der Waals surface area contributed by atoms with Crippen molar-refractivity contribution in [1.29, 1.82) is 0 Å². The second-order valence-corrected chi connectivity index (χ2v) is 11.7. The van der Waals surface area contributed by atoms with Crippen molar-refractivity contribution in [3.8, 4) is 0 Å². The summed E-state index contributed by atoms with van der Waals surface area (Å²) in [4.78, 5) is 15.0. The molecule has 1 saturated heterocycles. The number of amides is 1. The Morgan fingerprint density at radius 2 is 1.66 bits per heavy atom. The van der Waals surface area contributed by atoms with Crippen molar-refractivity contribution in [3.05, 3.63) is 65.2 Å². The first-order valence-electron chi connectivity index (χ1n) is 11.5. The maximum Gasteiger partial charge on any atom is 0.239 e. The number of nitrogens with zero attached hydrogens (tertiary/aromatic N) is 2. The molecule has 2 aromatic carbocycles. The van der Waals surface area contributed by atoms with Gasteiger partial charge in [-0.3, -0.25) is 9.10 Å². The van der Waals surface area contributed by atoms with Gasteiger partial charge in [0.25, 0.3) is 0 Å². The minimum absolute atomic E-state index is 0.0297. The number of hydrogen-bond donors (Lipinski definition) is 1. The van der Waals surface area contributed by atoms with Crippen molar-refractivity contribution in [2.75, 3.05) is 30.2 Å². The first kappa shape index (κ1) is 21.5. The molecule has 1 spiro atoms. The zero-order valence-electron chi connectivity index (χ0n) is 18.5. The predicted octanol–water partition coefficient (Wildman–Crippen LogP) is 2.46. The molecule has 0 radical (unpaired) electrons. The highest BCUT2D eigenvalue weighted by molar-refractivity contribution is 7.92. The van der Waals surface area contributed by atoms with Crippen LogP contribution < -0.4 is 10.0 Å². The largest absolute Gasteiger partial charge is 0.341 e. The van der Waals surface area contributed by atoms with Gasteiger partial charge in [-0.2, -0.15) is 0 Å². The maximum absolute atomic E-state index is 13.1. The monoisotopic (exact) mass is 453 g/mol. The zero-order valence-corrected chi connectivity index (χ0v) is 19.4. The van der Waals surface area contributed by atoms with Crippen LogP contribution >= 0.6 is 0 Å². The van der Waals surface area contributed by atoms with Crippen LogP contribution in [-0.4, -0.2) is 51.2 Å². The number of hydrogen-bond acceptors (Lipinski definition) is 4. The summed E-state index contributed by atoms with van der Waals surface area (Å²) in [6.07, 6.45) is 5.48. The fraction of sp³-hybridized carbons (Fsp3) is 0.480. The molecule has 0 aromatic heterocycles. The molecule has 0 bridgehead atoms. The molecular weight excluding hydrogens is 422 g/mol. The van der Waals surface area contributed by atoms with Gasteiger partial charge < -0.3 is 10.6 Å². The molecular formula is C25H31N3O3S. The number of sulfonamides is 1. The van der Waals surface area contributed by atoms with E-state index in [1.54, 1.807) is 0 Å². The average molecular weight is 454 g/mol. The van der Waals surface area contributed by atoms with Crippen LogP contribution in [0.2, 0.25) is 0 Å². The Labute approximate surface area is 190 Å². The van der Waals surface area contributed by atoms with E-state index in [1.165, 1.54) is 21.7 Å². The van der Waals surface area contributed by atoms with Gasteiger partial charge in [0.1, 0.15) is 0 Å². The lowest BCUT2D eigenvalue weighted by molar-refractivity contribution is -0.134. The Hall–Kier alpha value is -2.38. The van der Waals surface area contributed by atoms with Crippen LogP contribution in [0.3, 0.4) is 0 Å². The molecule has 1 amide bonds. The van der Waals surface area contributed by atoms with Crippen molar-refractivity contribution in [2.24, 2.45) is 11.7 Å². The highest BCUT2D eigenvalue weighted by Gasteiger charge is 2.47. The van der Waals surface area contributed by atoms with E-state index in [4.69, 9.17) is 5.73 Å². The van der Waals surface area contributed by atoms with Crippen molar-refractivity contribution >= 4 is 21.6 Å². The van der Waals surface area contributed by atoms with E-state index < -0.39 is 16.1 Å². The molecule has 2 aliphatic heterocycles. The van der Waals surface area contributed by atoms with Crippen molar-refractivity contribution in [1.82, 2.24) is 4.90 Å². The lowest BCUT2D eigenvalue weighted by atomic mass is 9.74. The van der Waals surface area contributed by atoms with Crippen LogP contribution in [0.1, 0.15) is 36.0 Å². The molecule has 2 N–H and O–H groups in total. The predicted molar refractivity (Wildman–Crippen MR) is 126 cm³/mol. The van der Waals surface area contributed by atoms with Crippen molar-refractivity contribution < 1.29 is 13.2 Å². The molecule has 1 atom stereocenters. The van der Waals surface area contributed by atoms with Gasteiger partial charge in [0.05, 0.1) is 18.0 Å². The SMILES string of the molecule is CS(=O)(=O)N1CC2(CCN(C(=O)[C@H](N)CC3Cc4ccccc4C3)CC2)c2ccccc21. The highest BCUT2D eigenvalue weighted by atomic mass is 32.2. The van der Waals surface area contributed by atoms with Gasteiger partial charge in [-0.15, -0.1) is 0 Å². The topological polar surface area (TPSA) is 83.7 Å². The summed E-state index contributed by atoms with van der Waals surface area (Å²) < 4.78 is 26.3. The second kappa shape index (κ2) is 7.89. The first-order chi connectivity index (χ1) is 15.3. The third kappa shape index (κ3) is 3.71. The van der Waals surface area contributed by atoms with E-state index in [0.29, 0.717) is 32.0 Å². The summed E-state index contributed by atoms with van der Waals surface area (Å²) in [5.41, 5.74) is 10.8. The van der Waals surface area contributed by atoms with Crippen LogP contribution in [0.4, 0.5) is 5.69 Å². The van der Waals surface area contributed by atoms with Gasteiger partial charge >= 0.3 is 0 Å². The van der Waals surface area contributed by atoms with E-state index >= 15 is 0 Å². The van der Waals surface area contributed by atoms with E-state index in [2.05, 4.69) is 24.3 Å². The summed E-state index contributed by atoms with van der Waals surface area (Å²) in [6.45, 7) is 1.69. The van der Waals surface area contributed by atoms with Gasteiger partial charge in [-0.1, -0.05) is 42.5 Å². The minimum Gasteiger partial charge on any atom is -0.341 e. The fourth-order valence-electron chi connectivity index (χ4n) is 5.97. The summed E-state index contributed by atoms with van der Waals surface area (Å²) in [5.74, 6) is 0.453. The van der Waals surface area contributed by atoms with Gasteiger partial charge in [0, 0.05) is 25.0 Å². The normalized spacial score (nSPS) is 20.9. The van der Waals surface area contributed by atoms with Crippen LogP contribution in [0.15, 0.2) is 48.5 Å². The molecule has 6 nitrogen and oxygen atoms in total. The number of rotatable bonds is 4. The number of carbonyl (C=O) groups excluding carboxylic acids is 1. The fourth-order valence-corrected chi connectivity index (χ4v) is 6.97. The number of anilines is 1. The molecule has 5 rings (SSSR count). The Morgan fingerprint density at radius 3 is 2.28 bits per heavy atom. The minimum atomic E-state index is -3.34. The van der Waals surface area contributed by atoms with Crippen molar-refractivity contribution in [3.63, 3.8) is 0 Å². The highest BCUT2D eigenvalue weighted by Crippen LogP contribution is 2.47. The molecule has 2 aromatic rings. The molecule has 3 aliphatic rings. The summed E-state index contributed by atoms with van der Waals surface area (Å²) in [7, 11) is -3.34. The number of benzene rings is 2. The van der Waals surface area contributed by atoms with Crippen LogP contribution in [-0.2, 0) is 33.1 Å². The second-order valence-electron chi connectivity index (χ2n) is 9.78. The molecule has 32 heavy (non-hydrogen) atoms. The first-order valence-corrected chi connectivity index (χ1v) is 13.3. The standard InChI is InChI=1S/C25H31N3O3S/c1-32(30,31)28-17-25(21-8-4-5-9-23(21)28)10-12-27(13-11-25)24(29)22(26)16-18-14-19-6-2-3-7-20(19)15-18/h2-9,18,22H,10-17,26H2,1H3/t22-/m1/s1. The van der Waals surface area contributed by atoms with Gasteiger partial charge in [-0.05, 0) is 60.8 Å². The summed E-state index contributed by atoms with van der Waals surface area (Å²) >= 11 is 0. The molecule has 7 heteroatoms. The molecule has 170 valence electrons. The Kier molecular flexibility index (Phi) is 5.29. The Bertz CT molecular complexity index is 1110. The van der Waals surface area contributed by atoms with E-state index in [0.717, 1.165) is 36.9 Å². The average Bonchev–Trinajstić information content (AvgIpc) is 3.33. The number of para-hydroxylation sites is 1. The van der Waals surface area contributed by atoms with Gasteiger partial charge in [-0.25, -0.2) is 8.42 Å². The number of nitrogens with two attached hydrogens (primary N) is 1. The number of piperidine rings is 1. The summed E-state index contributed by atoms with van der Waals surface area (Å²) in [6, 6.07) is 15.8. The van der Waals surface area contributed by atoms with Crippen LogP contribution in [0.5, 0.6) is 0 Å². The molecule has 1 fully saturated rings. The smallest absolute Gasteiger partial charge is 0.239 e. The van der Waals surface area contributed by atoms with Crippen LogP contribution in [0.25, 0.3) is 0 Å². The van der Waals surface area contributed by atoms with E-state index in [9.17, 15) is 13.2 Å². The third-order valence-corrected chi connectivity index (χ3v) is 8.79. The Morgan fingerprint density at radius 1 is 1.06 bits per heavy atom. The molecule has 1 aliphatic carbocycles. The zero-order chi connectivity index (χ0) is 22.5. The molecule has 0 unspecified atom stereocenters.